The molecule has 4 nitrogen and oxygen atoms in total. The van der Waals surface area contributed by atoms with Crippen LogP contribution in [0.3, 0.4) is 0 Å². The Morgan fingerprint density at radius 1 is 0.606 bits per heavy atom. The Morgan fingerprint density at radius 3 is 1.73 bits per heavy atom. The number of nitrogens with zero attached hydrogens (tertiary/aromatic N) is 2. The smallest absolute Gasteiger partial charge is 0.292 e. The summed E-state index contributed by atoms with van der Waals surface area (Å²) < 4.78 is 16.1. The Kier molecular flexibility index (Phi) is 5.50. The average molecular weight is 455 g/mol. The van der Waals surface area contributed by atoms with E-state index < -0.39 is 8.07 Å². The third-order valence-corrected chi connectivity index (χ3v) is 8.16. The van der Waals surface area contributed by atoms with Gasteiger partial charge in [-0.05, 0) is 42.5 Å². The molecular weight excluding hydrogens is 424 g/mol. The topological polar surface area (TPSA) is 26.2 Å². The summed E-state index contributed by atoms with van der Waals surface area (Å²) >= 11 is 0. The third kappa shape index (κ3) is 4.05. The molecule has 0 saturated heterocycles. The van der Waals surface area contributed by atoms with Crippen LogP contribution in [-0.2, 0) is 13.5 Å². The van der Waals surface area contributed by atoms with Crippen LogP contribution in [0.1, 0.15) is 5.69 Å². The number of ether oxygens (including phenoxy) is 2. The molecule has 0 atom stereocenters. The molecule has 5 heteroatoms. The van der Waals surface area contributed by atoms with Crippen LogP contribution in [0, 0.1) is 6.92 Å². The molecule has 2 aliphatic rings. The van der Waals surface area contributed by atoms with Crippen molar-refractivity contribution < 1.29 is 18.6 Å². The first-order chi connectivity index (χ1) is 15.9. The number of para-hydroxylation sites is 2. The summed E-state index contributed by atoms with van der Waals surface area (Å²) in [5, 5.41) is 1.44. The first-order valence-corrected chi connectivity index (χ1v) is 14.9. The normalized spacial score (nSPS) is 13.1. The lowest BCUT2D eigenvalue weighted by Crippen LogP contribution is -2.63. The molecule has 0 bridgehead atoms. The molecule has 2 aromatic carbocycles. The minimum absolute atomic E-state index is 0.610. The van der Waals surface area contributed by atoms with Gasteiger partial charge in [-0.2, -0.15) is 9.13 Å². The lowest BCUT2D eigenvalue weighted by Gasteiger charge is -2.21. The molecule has 0 radical (unpaired) electrons. The maximum absolute atomic E-state index is 5.87. The van der Waals surface area contributed by atoms with Gasteiger partial charge < -0.3 is 9.47 Å². The Labute approximate surface area is 196 Å². The summed E-state index contributed by atoms with van der Waals surface area (Å²) in [6.07, 6.45) is 0. The van der Waals surface area contributed by atoms with Gasteiger partial charge in [0.15, 0.2) is 19.1 Å². The summed E-state index contributed by atoms with van der Waals surface area (Å²) in [7, 11) is -1.35. The van der Waals surface area contributed by atoms with E-state index in [1.54, 1.807) is 0 Å². The zero-order valence-corrected chi connectivity index (χ0v) is 20.7. The van der Waals surface area contributed by atoms with Gasteiger partial charge >= 0.3 is 0 Å². The Balaban J connectivity index is 0.000000140. The fourth-order valence-electron chi connectivity index (χ4n) is 4.50. The monoisotopic (exact) mass is 454 g/mol. The highest BCUT2D eigenvalue weighted by Crippen LogP contribution is 2.31. The highest BCUT2D eigenvalue weighted by Gasteiger charge is 2.33. The minimum atomic E-state index is -1.35. The molecule has 0 saturated carbocycles. The van der Waals surface area contributed by atoms with E-state index in [1.165, 1.54) is 33.5 Å². The molecule has 4 aromatic rings. The van der Waals surface area contributed by atoms with Crippen LogP contribution in [0.25, 0.3) is 22.5 Å². The summed E-state index contributed by atoms with van der Waals surface area (Å²) in [6, 6.07) is 29.3. The maximum Gasteiger partial charge on any atom is 0.292 e. The summed E-state index contributed by atoms with van der Waals surface area (Å²) in [5.74, 6) is 1.97. The van der Waals surface area contributed by atoms with Gasteiger partial charge in [-0.3, -0.25) is 0 Å². The van der Waals surface area contributed by atoms with Gasteiger partial charge in [0.2, 0.25) is 11.4 Å². The summed E-state index contributed by atoms with van der Waals surface area (Å²) in [4.78, 5) is 0. The van der Waals surface area contributed by atoms with Gasteiger partial charge in [-0.25, -0.2) is 0 Å². The second-order valence-electron chi connectivity index (χ2n) is 9.49. The van der Waals surface area contributed by atoms with E-state index >= 15 is 0 Å². The fourth-order valence-corrected chi connectivity index (χ4v) is 6.09. The SMILES string of the molecule is C[Si](C)(C)c1cccc2[n+]1COc1ccccc1-2.Cc1cccc2[n+]1COc1ccccc1-2. The number of benzene rings is 2. The van der Waals surface area contributed by atoms with E-state index in [4.69, 9.17) is 9.47 Å². The number of hydrogen-bond acceptors (Lipinski definition) is 2. The standard InChI is InChI=1S/C15H18NOSi.C13H12NO/c1-18(2,3)15-10-6-8-13-12-7-4-5-9-14(12)17-11-16(13)15;1-10-5-4-7-12-11-6-2-3-8-13(11)15-9-14(10)12/h4-10H,11H2,1-3H3;2-8H,9H2,1H3/q2*+1. The number of fused-ring (bicyclic) bond motifs is 6. The average Bonchev–Trinajstić information content (AvgIpc) is 2.83. The van der Waals surface area contributed by atoms with Crippen molar-refractivity contribution in [3.63, 3.8) is 0 Å². The third-order valence-electron chi connectivity index (χ3n) is 6.19. The van der Waals surface area contributed by atoms with Crippen molar-refractivity contribution in [1.82, 2.24) is 0 Å². The van der Waals surface area contributed by atoms with Crippen LogP contribution in [0.5, 0.6) is 11.5 Å². The van der Waals surface area contributed by atoms with Gasteiger partial charge in [0.05, 0.1) is 11.1 Å². The molecular formula is C28H30N2O2Si+2. The number of aryl methyl sites for hydroxylation is 1. The van der Waals surface area contributed by atoms with Crippen molar-refractivity contribution in [2.75, 3.05) is 0 Å². The van der Waals surface area contributed by atoms with Gasteiger partial charge in [0, 0.05) is 25.1 Å². The molecule has 2 aliphatic heterocycles. The maximum atomic E-state index is 5.87. The van der Waals surface area contributed by atoms with E-state index in [0.29, 0.717) is 13.5 Å². The van der Waals surface area contributed by atoms with Crippen molar-refractivity contribution in [2.24, 2.45) is 0 Å². The first-order valence-electron chi connectivity index (χ1n) is 11.4. The van der Waals surface area contributed by atoms with Crippen LogP contribution in [-0.4, -0.2) is 8.07 Å². The number of rotatable bonds is 1. The van der Waals surface area contributed by atoms with E-state index in [9.17, 15) is 0 Å². The van der Waals surface area contributed by atoms with Crippen LogP contribution >= 0.6 is 0 Å². The summed E-state index contributed by atoms with van der Waals surface area (Å²) in [6.45, 7) is 10.5. The van der Waals surface area contributed by atoms with Crippen molar-refractivity contribution in [3.05, 3.63) is 90.6 Å². The number of aromatic nitrogens is 2. The number of hydrogen-bond donors (Lipinski definition) is 0. The molecule has 4 heterocycles. The van der Waals surface area contributed by atoms with Gasteiger partial charge in [0.25, 0.3) is 13.5 Å². The minimum Gasteiger partial charge on any atom is -0.435 e. The van der Waals surface area contributed by atoms with Gasteiger partial charge in [-0.15, -0.1) is 0 Å². The van der Waals surface area contributed by atoms with E-state index in [2.05, 4.69) is 90.3 Å². The molecule has 166 valence electrons. The largest absolute Gasteiger partial charge is 0.435 e. The predicted molar refractivity (Wildman–Crippen MR) is 133 cm³/mol. The summed E-state index contributed by atoms with van der Waals surface area (Å²) in [5.41, 5.74) is 6.10. The van der Waals surface area contributed by atoms with E-state index in [1.807, 2.05) is 30.3 Å². The molecule has 33 heavy (non-hydrogen) atoms. The zero-order valence-electron chi connectivity index (χ0n) is 19.7. The zero-order chi connectivity index (χ0) is 23.0. The highest BCUT2D eigenvalue weighted by atomic mass is 28.3. The Morgan fingerprint density at radius 2 is 1.12 bits per heavy atom. The molecule has 0 unspecified atom stereocenters. The molecule has 0 amide bonds. The van der Waals surface area contributed by atoms with Gasteiger partial charge in [-0.1, -0.05) is 43.9 Å². The predicted octanol–water partition coefficient (Wildman–Crippen LogP) is 4.84. The van der Waals surface area contributed by atoms with Crippen molar-refractivity contribution in [3.8, 4) is 34.0 Å². The van der Waals surface area contributed by atoms with Crippen LogP contribution in [0.15, 0.2) is 84.9 Å². The number of pyridine rings is 2. The molecule has 0 N–H and O–H groups in total. The Bertz CT molecular complexity index is 1330. The Hall–Kier alpha value is -3.44. The van der Waals surface area contributed by atoms with Crippen molar-refractivity contribution in [1.29, 1.82) is 0 Å². The van der Waals surface area contributed by atoms with Crippen molar-refractivity contribution in [2.45, 2.75) is 40.0 Å². The lowest BCUT2D eigenvalue weighted by atomic mass is 10.1. The van der Waals surface area contributed by atoms with Gasteiger partial charge in [0.1, 0.15) is 11.5 Å². The molecule has 6 rings (SSSR count). The van der Waals surface area contributed by atoms with Crippen LogP contribution < -0.4 is 23.9 Å². The van der Waals surface area contributed by atoms with Crippen molar-refractivity contribution >= 4 is 13.4 Å². The molecule has 2 aromatic heterocycles. The highest BCUT2D eigenvalue weighted by molar-refractivity contribution is 6.87. The first kappa shape index (κ1) is 21.4. The fraction of sp³-hybridized carbons (Fsp3) is 0.214. The van der Waals surface area contributed by atoms with E-state index in [-0.39, 0.29) is 0 Å². The quantitative estimate of drug-likeness (QED) is 0.304. The second kappa shape index (κ2) is 8.48. The lowest BCUT2D eigenvalue weighted by molar-refractivity contribution is -0.722. The van der Waals surface area contributed by atoms with Crippen LogP contribution in [0.4, 0.5) is 0 Å². The molecule has 0 spiro atoms. The van der Waals surface area contributed by atoms with Crippen LogP contribution in [0.2, 0.25) is 19.6 Å². The molecule has 0 fully saturated rings. The second-order valence-corrected chi connectivity index (χ2v) is 14.5. The van der Waals surface area contributed by atoms with E-state index in [0.717, 1.165) is 11.5 Å². The molecule has 0 aliphatic carbocycles.